The van der Waals surface area contributed by atoms with Crippen LogP contribution in [-0.4, -0.2) is 34.3 Å². The number of anilines is 1. The van der Waals surface area contributed by atoms with Crippen molar-refractivity contribution in [2.24, 2.45) is 0 Å². The predicted molar refractivity (Wildman–Crippen MR) is 97.8 cm³/mol. The summed E-state index contributed by atoms with van der Waals surface area (Å²) < 4.78 is 5.21. The van der Waals surface area contributed by atoms with Crippen molar-refractivity contribution in [1.29, 1.82) is 0 Å². The maximum absolute atomic E-state index is 12.8. The van der Waals surface area contributed by atoms with Crippen molar-refractivity contribution < 1.29 is 14.0 Å². The molecular weight excluding hydrogens is 330 g/mol. The molecule has 1 unspecified atom stereocenters. The van der Waals surface area contributed by atoms with E-state index in [0.717, 1.165) is 23.7 Å². The molecule has 4 rings (SSSR count). The van der Waals surface area contributed by atoms with E-state index in [2.05, 4.69) is 10.3 Å². The number of amides is 2. The minimum atomic E-state index is -0.507. The minimum Gasteiger partial charge on any atom is -0.459 e. The van der Waals surface area contributed by atoms with Crippen LogP contribution in [0.3, 0.4) is 0 Å². The molecule has 2 amide bonds. The minimum absolute atomic E-state index is 0.193. The van der Waals surface area contributed by atoms with Crippen molar-refractivity contribution >= 4 is 28.4 Å². The lowest BCUT2D eigenvalue weighted by molar-refractivity contribution is -0.121. The number of hydrogen-bond donors (Lipinski definition) is 1. The standard InChI is InChI=1S/C20H19N3O3/c24-19(22-15-12-14-6-1-2-7-16(14)21-13-15)17-8-3-4-10-23(17)20(25)18-9-5-11-26-18/h1-2,5-7,9,11-13,17H,3-4,8,10H2,(H,22,24). The number of carbonyl (C=O) groups excluding carboxylic acids is 2. The molecule has 1 saturated heterocycles. The zero-order valence-corrected chi connectivity index (χ0v) is 14.2. The molecule has 6 heteroatoms. The van der Waals surface area contributed by atoms with Crippen molar-refractivity contribution in [3.63, 3.8) is 0 Å². The van der Waals surface area contributed by atoms with E-state index in [1.54, 1.807) is 23.2 Å². The fraction of sp³-hybridized carbons (Fsp3) is 0.250. The summed E-state index contributed by atoms with van der Waals surface area (Å²) in [6.07, 6.45) is 5.54. The van der Waals surface area contributed by atoms with Crippen LogP contribution in [0.15, 0.2) is 59.3 Å². The van der Waals surface area contributed by atoms with Crippen LogP contribution in [-0.2, 0) is 4.79 Å². The van der Waals surface area contributed by atoms with Gasteiger partial charge in [-0.25, -0.2) is 0 Å². The predicted octanol–water partition coefficient (Wildman–Crippen LogP) is 3.46. The molecule has 0 aliphatic carbocycles. The number of hydrogen-bond acceptors (Lipinski definition) is 4. The van der Waals surface area contributed by atoms with Gasteiger partial charge in [0.1, 0.15) is 6.04 Å². The molecule has 6 nitrogen and oxygen atoms in total. The van der Waals surface area contributed by atoms with Crippen molar-refractivity contribution in [1.82, 2.24) is 9.88 Å². The number of nitrogens with one attached hydrogen (secondary N) is 1. The molecule has 3 heterocycles. The molecule has 2 aromatic heterocycles. The third kappa shape index (κ3) is 3.18. The molecule has 1 aliphatic heterocycles. The average Bonchev–Trinajstić information content (AvgIpc) is 3.22. The van der Waals surface area contributed by atoms with Crippen molar-refractivity contribution in [2.75, 3.05) is 11.9 Å². The number of benzene rings is 1. The van der Waals surface area contributed by atoms with Crippen LogP contribution in [0.2, 0.25) is 0 Å². The molecule has 0 spiro atoms. The lowest BCUT2D eigenvalue weighted by atomic mass is 10.0. The Kier molecular flexibility index (Phi) is 4.39. The quantitative estimate of drug-likeness (QED) is 0.786. The summed E-state index contributed by atoms with van der Waals surface area (Å²) in [7, 11) is 0. The molecule has 1 atom stereocenters. The number of piperidine rings is 1. The first-order chi connectivity index (χ1) is 12.7. The van der Waals surface area contributed by atoms with Gasteiger partial charge in [-0.3, -0.25) is 14.6 Å². The second kappa shape index (κ2) is 7.00. The summed E-state index contributed by atoms with van der Waals surface area (Å²) in [6, 6.07) is 12.4. The molecule has 1 aliphatic rings. The molecule has 1 aromatic carbocycles. The Hall–Kier alpha value is -3.15. The van der Waals surface area contributed by atoms with Crippen molar-refractivity contribution in [2.45, 2.75) is 25.3 Å². The monoisotopic (exact) mass is 349 g/mol. The van der Waals surface area contributed by atoms with Crippen LogP contribution in [0.5, 0.6) is 0 Å². The summed E-state index contributed by atoms with van der Waals surface area (Å²) in [5.41, 5.74) is 1.50. The van der Waals surface area contributed by atoms with Gasteiger partial charge in [0.05, 0.1) is 23.7 Å². The van der Waals surface area contributed by atoms with Gasteiger partial charge in [0.25, 0.3) is 5.91 Å². The highest BCUT2D eigenvalue weighted by molar-refractivity contribution is 6.01. The summed E-state index contributed by atoms with van der Waals surface area (Å²) >= 11 is 0. The molecule has 1 fully saturated rings. The third-order valence-corrected chi connectivity index (χ3v) is 4.66. The van der Waals surface area contributed by atoms with Crippen molar-refractivity contribution in [3.8, 4) is 0 Å². The van der Waals surface area contributed by atoms with E-state index in [1.807, 2.05) is 30.3 Å². The Morgan fingerprint density at radius 2 is 2.04 bits per heavy atom. The number of aromatic nitrogens is 1. The molecule has 132 valence electrons. The third-order valence-electron chi connectivity index (χ3n) is 4.66. The van der Waals surface area contributed by atoms with Gasteiger partial charge in [-0.15, -0.1) is 0 Å². The maximum atomic E-state index is 12.8. The van der Waals surface area contributed by atoms with Crippen LogP contribution in [0.4, 0.5) is 5.69 Å². The van der Waals surface area contributed by atoms with Crippen LogP contribution < -0.4 is 5.32 Å². The van der Waals surface area contributed by atoms with Gasteiger partial charge in [0, 0.05) is 11.9 Å². The van der Waals surface area contributed by atoms with Gasteiger partial charge in [0.15, 0.2) is 5.76 Å². The van der Waals surface area contributed by atoms with E-state index in [1.165, 1.54) is 6.26 Å². The number of rotatable bonds is 3. The van der Waals surface area contributed by atoms with Crippen LogP contribution >= 0.6 is 0 Å². The van der Waals surface area contributed by atoms with Gasteiger partial charge in [-0.05, 0) is 43.5 Å². The van der Waals surface area contributed by atoms with Gasteiger partial charge in [-0.1, -0.05) is 18.2 Å². The SMILES string of the molecule is O=C(Nc1cnc2ccccc2c1)C1CCCCN1C(=O)c1ccco1. The topological polar surface area (TPSA) is 75.4 Å². The summed E-state index contributed by atoms with van der Waals surface area (Å²) in [5, 5.41) is 3.86. The number of fused-ring (bicyclic) bond motifs is 1. The Morgan fingerprint density at radius 3 is 2.88 bits per heavy atom. The summed E-state index contributed by atoms with van der Waals surface area (Å²) in [4.78, 5) is 31.4. The second-order valence-corrected chi connectivity index (χ2v) is 6.39. The zero-order chi connectivity index (χ0) is 17.9. The number of carbonyl (C=O) groups is 2. The van der Waals surface area contributed by atoms with E-state index >= 15 is 0 Å². The van der Waals surface area contributed by atoms with Crippen LogP contribution in [0.25, 0.3) is 10.9 Å². The number of furan rings is 1. The highest BCUT2D eigenvalue weighted by atomic mass is 16.3. The van der Waals surface area contributed by atoms with Gasteiger partial charge in [-0.2, -0.15) is 0 Å². The molecule has 26 heavy (non-hydrogen) atoms. The van der Waals surface area contributed by atoms with Gasteiger partial charge in [0.2, 0.25) is 5.91 Å². The Morgan fingerprint density at radius 1 is 1.15 bits per heavy atom. The first kappa shape index (κ1) is 16.3. The van der Waals surface area contributed by atoms with E-state index < -0.39 is 6.04 Å². The lowest BCUT2D eigenvalue weighted by Crippen LogP contribution is -2.49. The normalized spacial score (nSPS) is 17.2. The lowest BCUT2D eigenvalue weighted by Gasteiger charge is -2.34. The highest BCUT2D eigenvalue weighted by Gasteiger charge is 2.33. The van der Waals surface area contributed by atoms with Gasteiger partial charge >= 0.3 is 0 Å². The van der Waals surface area contributed by atoms with E-state index in [4.69, 9.17) is 4.42 Å². The van der Waals surface area contributed by atoms with Crippen molar-refractivity contribution in [3.05, 3.63) is 60.7 Å². The zero-order valence-electron chi connectivity index (χ0n) is 14.2. The first-order valence-electron chi connectivity index (χ1n) is 8.72. The number of pyridine rings is 1. The molecule has 0 radical (unpaired) electrons. The van der Waals surface area contributed by atoms with E-state index in [0.29, 0.717) is 18.7 Å². The summed E-state index contributed by atoms with van der Waals surface area (Å²) in [5.74, 6) is -0.176. The molecule has 3 aromatic rings. The van der Waals surface area contributed by atoms with E-state index in [9.17, 15) is 9.59 Å². The highest BCUT2D eigenvalue weighted by Crippen LogP contribution is 2.22. The molecule has 1 N–H and O–H groups in total. The maximum Gasteiger partial charge on any atom is 0.290 e. The number of likely N-dealkylation sites (tertiary alicyclic amines) is 1. The van der Waals surface area contributed by atoms with E-state index in [-0.39, 0.29) is 17.6 Å². The largest absolute Gasteiger partial charge is 0.459 e. The summed E-state index contributed by atoms with van der Waals surface area (Å²) in [6.45, 7) is 0.549. The smallest absolute Gasteiger partial charge is 0.290 e. The second-order valence-electron chi connectivity index (χ2n) is 6.39. The fourth-order valence-electron chi connectivity index (χ4n) is 3.35. The number of para-hydroxylation sites is 1. The average molecular weight is 349 g/mol. The molecule has 0 saturated carbocycles. The molecule has 0 bridgehead atoms. The van der Waals surface area contributed by atoms with Crippen LogP contribution in [0, 0.1) is 0 Å². The first-order valence-corrected chi connectivity index (χ1v) is 8.72. The van der Waals surface area contributed by atoms with Gasteiger partial charge < -0.3 is 14.6 Å². The van der Waals surface area contributed by atoms with Crippen LogP contribution in [0.1, 0.15) is 29.8 Å². The molecular formula is C20H19N3O3. The number of nitrogens with zero attached hydrogens (tertiary/aromatic N) is 2. The fourth-order valence-corrected chi connectivity index (χ4v) is 3.35. The Bertz CT molecular complexity index is 936. The Balaban J connectivity index is 1.53. The Labute approximate surface area is 150 Å².